The second kappa shape index (κ2) is 5.54. The van der Waals surface area contributed by atoms with Crippen LogP contribution in [0, 0.1) is 5.92 Å². The summed E-state index contributed by atoms with van der Waals surface area (Å²) in [6.45, 7) is 4.41. The Morgan fingerprint density at radius 2 is 2.18 bits per heavy atom. The van der Waals surface area contributed by atoms with Crippen LogP contribution in [-0.4, -0.2) is 28.5 Å². The van der Waals surface area contributed by atoms with Gasteiger partial charge >= 0.3 is 0 Å². The predicted octanol–water partition coefficient (Wildman–Crippen LogP) is 1.72. The minimum Gasteiger partial charge on any atom is -0.352 e. The van der Waals surface area contributed by atoms with E-state index in [0.29, 0.717) is 18.3 Å². The van der Waals surface area contributed by atoms with Crippen LogP contribution in [0.25, 0.3) is 0 Å². The van der Waals surface area contributed by atoms with Crippen LogP contribution in [0.15, 0.2) is 17.2 Å². The first kappa shape index (κ1) is 12.4. The first-order valence-electron chi connectivity index (χ1n) is 6.12. The van der Waals surface area contributed by atoms with Crippen LogP contribution in [0.2, 0.25) is 0 Å². The number of nitrogens with zero attached hydrogens (tertiary/aromatic N) is 3. The molecule has 0 aromatic carbocycles. The number of aromatic nitrogens is 2. The van der Waals surface area contributed by atoms with Crippen LogP contribution in [0.4, 0.5) is 5.82 Å². The lowest BCUT2D eigenvalue weighted by molar-refractivity contribution is 0.439. The molecule has 5 heteroatoms. The molecule has 4 nitrogen and oxygen atoms in total. The summed E-state index contributed by atoms with van der Waals surface area (Å²) in [5.41, 5.74) is 0.0133. The first-order valence-corrected chi connectivity index (χ1v) is 6.66. The number of halogens is 1. The number of piperidine rings is 1. The quantitative estimate of drug-likeness (QED) is 0.772. The zero-order valence-electron chi connectivity index (χ0n) is 10.1. The van der Waals surface area contributed by atoms with E-state index in [1.54, 1.807) is 17.0 Å². The van der Waals surface area contributed by atoms with Gasteiger partial charge < -0.3 is 9.47 Å². The Morgan fingerprint density at radius 1 is 1.47 bits per heavy atom. The van der Waals surface area contributed by atoms with Crippen LogP contribution < -0.4 is 10.5 Å². The lowest BCUT2D eigenvalue weighted by Crippen LogP contribution is -2.39. The van der Waals surface area contributed by atoms with Crippen LogP contribution in [0.5, 0.6) is 0 Å². The van der Waals surface area contributed by atoms with Gasteiger partial charge in [0.15, 0.2) is 5.82 Å². The maximum atomic E-state index is 12.1. The van der Waals surface area contributed by atoms with Gasteiger partial charge in [-0.25, -0.2) is 4.98 Å². The number of rotatable bonds is 3. The van der Waals surface area contributed by atoms with Crippen LogP contribution in [-0.2, 0) is 6.54 Å². The van der Waals surface area contributed by atoms with Crippen molar-refractivity contribution >= 4 is 17.4 Å². The van der Waals surface area contributed by atoms with E-state index in [2.05, 4.69) is 9.88 Å². The van der Waals surface area contributed by atoms with Crippen molar-refractivity contribution in [3.05, 3.63) is 22.7 Å². The van der Waals surface area contributed by atoms with E-state index in [-0.39, 0.29) is 5.56 Å². The molecule has 1 fully saturated rings. The molecule has 0 radical (unpaired) electrons. The molecule has 17 heavy (non-hydrogen) atoms. The summed E-state index contributed by atoms with van der Waals surface area (Å²) >= 11 is 5.85. The Hall–Kier alpha value is -1.03. The summed E-state index contributed by atoms with van der Waals surface area (Å²) in [6, 6.07) is 0. The molecule has 0 N–H and O–H groups in total. The Labute approximate surface area is 106 Å². The molecule has 0 bridgehead atoms. The van der Waals surface area contributed by atoms with Crippen LogP contribution >= 0.6 is 11.6 Å². The minimum absolute atomic E-state index is 0.0133. The molecule has 0 spiro atoms. The van der Waals surface area contributed by atoms with Gasteiger partial charge in [-0.05, 0) is 25.7 Å². The highest BCUT2D eigenvalue weighted by atomic mass is 35.5. The second-order valence-electron chi connectivity index (χ2n) is 4.43. The molecule has 0 saturated carbocycles. The van der Waals surface area contributed by atoms with Crippen molar-refractivity contribution in [1.82, 2.24) is 9.55 Å². The fourth-order valence-electron chi connectivity index (χ4n) is 2.20. The molecule has 0 aliphatic carbocycles. The number of hydrogen-bond donors (Lipinski definition) is 0. The Balaban J connectivity index is 2.16. The summed E-state index contributed by atoms with van der Waals surface area (Å²) in [6.07, 6.45) is 5.53. The van der Waals surface area contributed by atoms with Crippen molar-refractivity contribution in [1.29, 1.82) is 0 Å². The summed E-state index contributed by atoms with van der Waals surface area (Å²) in [7, 11) is 0. The topological polar surface area (TPSA) is 38.1 Å². The highest BCUT2D eigenvalue weighted by Gasteiger charge is 2.21. The monoisotopic (exact) mass is 255 g/mol. The van der Waals surface area contributed by atoms with Gasteiger partial charge in [0.25, 0.3) is 5.56 Å². The highest BCUT2D eigenvalue weighted by molar-refractivity contribution is 6.18. The highest BCUT2D eigenvalue weighted by Crippen LogP contribution is 2.20. The maximum absolute atomic E-state index is 12.1. The molecule has 1 aromatic rings. The molecule has 1 aliphatic heterocycles. The predicted molar refractivity (Wildman–Crippen MR) is 69.8 cm³/mol. The van der Waals surface area contributed by atoms with E-state index in [4.69, 9.17) is 11.6 Å². The van der Waals surface area contributed by atoms with Gasteiger partial charge in [0.2, 0.25) is 0 Å². The number of anilines is 1. The Kier molecular flexibility index (Phi) is 4.05. The van der Waals surface area contributed by atoms with E-state index in [1.807, 2.05) is 6.92 Å². The van der Waals surface area contributed by atoms with Gasteiger partial charge in [-0.15, -0.1) is 11.6 Å². The van der Waals surface area contributed by atoms with Crippen LogP contribution in [0.1, 0.15) is 19.8 Å². The van der Waals surface area contributed by atoms with Crippen molar-refractivity contribution in [3.8, 4) is 0 Å². The summed E-state index contributed by atoms with van der Waals surface area (Å²) < 4.78 is 1.69. The number of alkyl halides is 1. The van der Waals surface area contributed by atoms with Crippen molar-refractivity contribution in [3.63, 3.8) is 0 Å². The van der Waals surface area contributed by atoms with Gasteiger partial charge in [0.05, 0.1) is 0 Å². The fourth-order valence-corrected chi connectivity index (χ4v) is 2.51. The van der Waals surface area contributed by atoms with Crippen molar-refractivity contribution < 1.29 is 0 Å². The molecule has 94 valence electrons. The van der Waals surface area contributed by atoms with Crippen molar-refractivity contribution in [2.75, 3.05) is 23.9 Å². The second-order valence-corrected chi connectivity index (χ2v) is 4.74. The van der Waals surface area contributed by atoms with E-state index >= 15 is 0 Å². The average Bonchev–Trinajstić information content (AvgIpc) is 2.39. The molecule has 1 aromatic heterocycles. The Morgan fingerprint density at radius 3 is 2.76 bits per heavy atom. The zero-order valence-corrected chi connectivity index (χ0v) is 10.9. The smallest absolute Gasteiger partial charge is 0.293 e. The Bertz CT molecular complexity index is 424. The number of aryl methyl sites for hydroxylation is 1. The van der Waals surface area contributed by atoms with E-state index in [1.165, 1.54) is 0 Å². The van der Waals surface area contributed by atoms with Gasteiger partial charge in [0.1, 0.15) is 0 Å². The summed E-state index contributed by atoms with van der Waals surface area (Å²) in [5, 5.41) is 0. The summed E-state index contributed by atoms with van der Waals surface area (Å²) in [5.74, 6) is 1.89. The zero-order chi connectivity index (χ0) is 12.3. The standard InChI is InChI=1S/C12H18ClN3O/c1-2-15-8-5-14-11(12(15)17)16-6-3-10(9-13)4-7-16/h5,8,10H,2-4,6-7,9H2,1H3. The summed E-state index contributed by atoms with van der Waals surface area (Å²) in [4.78, 5) is 18.4. The van der Waals surface area contributed by atoms with Crippen LogP contribution in [0.3, 0.4) is 0 Å². The molecule has 0 unspecified atom stereocenters. The largest absolute Gasteiger partial charge is 0.352 e. The molecule has 1 aliphatic rings. The number of hydrogen-bond acceptors (Lipinski definition) is 3. The van der Waals surface area contributed by atoms with Crippen molar-refractivity contribution in [2.24, 2.45) is 5.92 Å². The normalized spacial score (nSPS) is 17.4. The van der Waals surface area contributed by atoms with Gasteiger partial charge in [-0.1, -0.05) is 0 Å². The average molecular weight is 256 g/mol. The lowest BCUT2D eigenvalue weighted by Gasteiger charge is -2.31. The van der Waals surface area contributed by atoms with Crippen molar-refractivity contribution in [2.45, 2.75) is 26.3 Å². The molecular formula is C12H18ClN3O. The lowest BCUT2D eigenvalue weighted by atomic mass is 9.99. The van der Waals surface area contributed by atoms with Gasteiger partial charge in [-0.3, -0.25) is 4.79 Å². The molecule has 0 amide bonds. The minimum atomic E-state index is 0.0133. The molecular weight excluding hydrogens is 238 g/mol. The third-order valence-electron chi connectivity index (χ3n) is 3.37. The molecule has 2 rings (SSSR count). The SMILES string of the molecule is CCn1ccnc(N2CCC(CCl)CC2)c1=O. The van der Waals surface area contributed by atoms with E-state index in [0.717, 1.165) is 31.8 Å². The van der Waals surface area contributed by atoms with E-state index in [9.17, 15) is 4.79 Å². The maximum Gasteiger partial charge on any atom is 0.293 e. The third-order valence-corrected chi connectivity index (χ3v) is 3.80. The fraction of sp³-hybridized carbons (Fsp3) is 0.667. The third kappa shape index (κ3) is 2.63. The first-order chi connectivity index (χ1) is 8.26. The molecule has 0 atom stereocenters. The van der Waals surface area contributed by atoms with Gasteiger partial charge in [0, 0.05) is 37.9 Å². The molecule has 1 saturated heterocycles. The van der Waals surface area contributed by atoms with Gasteiger partial charge in [-0.2, -0.15) is 0 Å². The molecule has 2 heterocycles. The van der Waals surface area contributed by atoms with E-state index < -0.39 is 0 Å².